The van der Waals surface area contributed by atoms with E-state index < -0.39 is 5.54 Å². The molecule has 0 heterocycles. The molecular weight excluding hydrogens is 320 g/mol. The molecule has 6 nitrogen and oxygen atoms in total. The van der Waals surface area contributed by atoms with E-state index >= 15 is 0 Å². The summed E-state index contributed by atoms with van der Waals surface area (Å²) in [5, 5.41) is 0. The zero-order chi connectivity index (χ0) is 16.8. The van der Waals surface area contributed by atoms with Crippen molar-refractivity contribution in [3.8, 4) is 0 Å². The van der Waals surface area contributed by atoms with E-state index in [0.717, 1.165) is 6.42 Å². The predicted molar refractivity (Wildman–Crippen MR) is 92.9 cm³/mol. The third kappa shape index (κ3) is 4.79. The summed E-state index contributed by atoms with van der Waals surface area (Å²) in [7, 11) is 3.29. The maximum atomic E-state index is 13.0. The number of ether oxygens (including phenoxy) is 3. The zero-order valence-electron chi connectivity index (χ0n) is 15.1. The summed E-state index contributed by atoms with van der Waals surface area (Å²) in [5.74, 6) is -0.0124. The van der Waals surface area contributed by atoms with E-state index in [1.54, 1.807) is 19.1 Å². The van der Waals surface area contributed by atoms with Crippen molar-refractivity contribution >= 4 is 18.3 Å². The average Bonchev–Trinajstić information content (AvgIpc) is 2.49. The smallest absolute Gasteiger partial charge is 0.243 e. The highest BCUT2D eigenvalue weighted by Gasteiger charge is 2.63. The number of nitrogens with zero attached hydrogens (tertiary/aromatic N) is 1. The zero-order valence-corrected chi connectivity index (χ0v) is 15.9. The van der Waals surface area contributed by atoms with Gasteiger partial charge in [-0.05, 0) is 13.3 Å². The van der Waals surface area contributed by atoms with Crippen molar-refractivity contribution in [1.82, 2.24) is 4.90 Å². The first-order chi connectivity index (χ1) is 10.3. The number of methoxy groups -OCH3 is 2. The molecule has 1 saturated carbocycles. The molecule has 2 unspecified atom stereocenters. The number of hydrogen-bond donors (Lipinski definition) is 1. The van der Waals surface area contributed by atoms with Gasteiger partial charge >= 0.3 is 0 Å². The van der Waals surface area contributed by atoms with Crippen LogP contribution in [0.3, 0.4) is 0 Å². The van der Waals surface area contributed by atoms with Crippen LogP contribution in [-0.2, 0) is 19.0 Å². The first kappa shape index (κ1) is 22.6. The summed E-state index contributed by atoms with van der Waals surface area (Å²) in [6, 6.07) is 0. The van der Waals surface area contributed by atoms with Gasteiger partial charge < -0.3 is 24.8 Å². The lowest BCUT2D eigenvalue weighted by Gasteiger charge is -2.58. The van der Waals surface area contributed by atoms with Crippen molar-refractivity contribution in [2.24, 2.45) is 11.1 Å². The van der Waals surface area contributed by atoms with Gasteiger partial charge in [-0.3, -0.25) is 4.79 Å². The fourth-order valence-electron chi connectivity index (χ4n) is 3.00. The number of amides is 1. The Labute approximate surface area is 146 Å². The highest BCUT2D eigenvalue weighted by molar-refractivity contribution is 5.89. The summed E-state index contributed by atoms with van der Waals surface area (Å²) in [6.07, 6.45) is 1.40. The Hall–Kier alpha value is -0.400. The molecule has 0 aromatic heterocycles. The molecule has 0 aromatic carbocycles. The van der Waals surface area contributed by atoms with Crippen LogP contribution in [0, 0.1) is 5.41 Å². The minimum Gasteiger partial charge on any atom is -0.385 e. The normalized spacial score (nSPS) is 25.4. The molecule has 0 bridgehead atoms. The molecule has 0 aromatic rings. The van der Waals surface area contributed by atoms with Gasteiger partial charge in [0.25, 0.3) is 0 Å². The van der Waals surface area contributed by atoms with E-state index in [-0.39, 0.29) is 29.8 Å². The van der Waals surface area contributed by atoms with Gasteiger partial charge in [0.2, 0.25) is 5.91 Å². The van der Waals surface area contributed by atoms with E-state index in [9.17, 15) is 4.79 Å². The molecule has 1 fully saturated rings. The summed E-state index contributed by atoms with van der Waals surface area (Å²) >= 11 is 0. The standard InChI is InChI=1S/C16H32N2O4.ClH/c1-6-22-13-12-16(17,15(13,2)3)14(19)18(9-11-21-5)8-7-10-20-4;/h13H,6-12,17H2,1-5H3;1H. The van der Waals surface area contributed by atoms with Crippen LogP contribution < -0.4 is 5.73 Å². The van der Waals surface area contributed by atoms with Gasteiger partial charge in [0, 0.05) is 52.4 Å². The molecule has 1 rings (SSSR count). The van der Waals surface area contributed by atoms with Crippen molar-refractivity contribution in [2.45, 2.75) is 45.3 Å². The number of hydrogen-bond acceptors (Lipinski definition) is 5. The van der Waals surface area contributed by atoms with Crippen LogP contribution in [0.4, 0.5) is 0 Å². The van der Waals surface area contributed by atoms with Gasteiger partial charge in [0.05, 0.1) is 12.7 Å². The average molecular weight is 353 g/mol. The fraction of sp³-hybridized carbons (Fsp3) is 0.938. The third-order valence-corrected chi connectivity index (χ3v) is 4.84. The molecule has 23 heavy (non-hydrogen) atoms. The van der Waals surface area contributed by atoms with E-state index in [1.807, 2.05) is 20.8 Å². The van der Waals surface area contributed by atoms with Crippen molar-refractivity contribution < 1.29 is 19.0 Å². The number of carbonyl (C=O) groups excluding carboxylic acids is 1. The Balaban J connectivity index is 0.00000484. The predicted octanol–water partition coefficient (Wildman–Crippen LogP) is 1.45. The monoisotopic (exact) mass is 352 g/mol. The maximum absolute atomic E-state index is 13.0. The van der Waals surface area contributed by atoms with E-state index in [4.69, 9.17) is 19.9 Å². The molecule has 1 aliphatic rings. The second-order valence-electron chi connectivity index (χ2n) is 6.47. The lowest BCUT2D eigenvalue weighted by Crippen LogP contribution is -2.76. The molecule has 2 N–H and O–H groups in total. The minimum absolute atomic E-state index is 0. The summed E-state index contributed by atoms with van der Waals surface area (Å²) in [5.41, 5.74) is 5.24. The lowest BCUT2D eigenvalue weighted by atomic mass is 9.54. The second-order valence-corrected chi connectivity index (χ2v) is 6.47. The van der Waals surface area contributed by atoms with Crippen LogP contribution in [0.2, 0.25) is 0 Å². The number of rotatable bonds is 10. The number of carbonyl (C=O) groups is 1. The Morgan fingerprint density at radius 2 is 1.83 bits per heavy atom. The van der Waals surface area contributed by atoms with Crippen LogP contribution in [0.25, 0.3) is 0 Å². The number of nitrogens with two attached hydrogens (primary N) is 1. The SMILES string of the molecule is CCOC1CC(N)(C(=O)N(CCCOC)CCOC)C1(C)C.Cl. The summed E-state index contributed by atoms with van der Waals surface area (Å²) < 4.78 is 15.9. The molecule has 2 atom stereocenters. The molecule has 138 valence electrons. The van der Waals surface area contributed by atoms with Gasteiger partial charge in [0.1, 0.15) is 5.54 Å². The molecule has 0 spiro atoms. The van der Waals surface area contributed by atoms with Crippen LogP contribution in [0.1, 0.15) is 33.6 Å². The second kappa shape index (κ2) is 9.79. The quantitative estimate of drug-likeness (QED) is 0.602. The molecule has 1 amide bonds. The largest absolute Gasteiger partial charge is 0.385 e. The highest BCUT2D eigenvalue weighted by Crippen LogP contribution is 2.50. The Morgan fingerprint density at radius 1 is 1.22 bits per heavy atom. The molecule has 0 radical (unpaired) electrons. The summed E-state index contributed by atoms with van der Waals surface area (Å²) in [6.45, 7) is 8.93. The van der Waals surface area contributed by atoms with Crippen LogP contribution >= 0.6 is 12.4 Å². The summed E-state index contributed by atoms with van der Waals surface area (Å²) in [4.78, 5) is 14.8. The molecular formula is C16H33ClN2O4. The van der Waals surface area contributed by atoms with E-state index in [2.05, 4.69) is 0 Å². The van der Waals surface area contributed by atoms with Gasteiger partial charge in [-0.2, -0.15) is 0 Å². The van der Waals surface area contributed by atoms with Crippen molar-refractivity contribution in [2.75, 3.05) is 47.1 Å². The third-order valence-electron chi connectivity index (χ3n) is 4.84. The molecule has 1 aliphatic carbocycles. The first-order valence-corrected chi connectivity index (χ1v) is 8.02. The maximum Gasteiger partial charge on any atom is 0.243 e. The van der Waals surface area contributed by atoms with Crippen molar-refractivity contribution in [3.05, 3.63) is 0 Å². The van der Waals surface area contributed by atoms with E-state index in [1.165, 1.54) is 0 Å². The van der Waals surface area contributed by atoms with Crippen LogP contribution in [-0.4, -0.2) is 69.6 Å². The highest BCUT2D eigenvalue weighted by atomic mass is 35.5. The molecule has 0 aliphatic heterocycles. The van der Waals surface area contributed by atoms with Crippen molar-refractivity contribution in [3.63, 3.8) is 0 Å². The molecule has 7 heteroatoms. The van der Waals surface area contributed by atoms with E-state index in [0.29, 0.717) is 39.3 Å². The van der Waals surface area contributed by atoms with Gasteiger partial charge in [-0.25, -0.2) is 0 Å². The van der Waals surface area contributed by atoms with Gasteiger partial charge in [0.15, 0.2) is 0 Å². The Bertz CT molecular complexity index is 368. The Morgan fingerprint density at radius 3 is 2.30 bits per heavy atom. The Kier molecular flexibility index (Phi) is 9.62. The van der Waals surface area contributed by atoms with Crippen LogP contribution in [0.15, 0.2) is 0 Å². The minimum atomic E-state index is -0.867. The van der Waals surface area contributed by atoms with Gasteiger partial charge in [-0.1, -0.05) is 13.8 Å². The lowest BCUT2D eigenvalue weighted by molar-refractivity contribution is -0.179. The van der Waals surface area contributed by atoms with Crippen molar-refractivity contribution in [1.29, 1.82) is 0 Å². The van der Waals surface area contributed by atoms with Crippen LogP contribution in [0.5, 0.6) is 0 Å². The first-order valence-electron chi connectivity index (χ1n) is 8.02. The topological polar surface area (TPSA) is 74.0 Å². The fourth-order valence-corrected chi connectivity index (χ4v) is 3.00. The number of halogens is 1. The molecule has 0 saturated heterocycles. The van der Waals surface area contributed by atoms with Gasteiger partial charge in [-0.15, -0.1) is 12.4 Å².